The molecule has 0 amide bonds. The number of pyridine rings is 1. The van der Waals surface area contributed by atoms with E-state index in [0.29, 0.717) is 29.5 Å². The van der Waals surface area contributed by atoms with E-state index >= 15 is 0 Å². The van der Waals surface area contributed by atoms with Gasteiger partial charge in [-0.15, -0.1) is 11.3 Å². The Balaban J connectivity index is 1.87. The van der Waals surface area contributed by atoms with Gasteiger partial charge >= 0.3 is 0 Å². The van der Waals surface area contributed by atoms with Crippen molar-refractivity contribution in [1.29, 1.82) is 0 Å². The lowest BCUT2D eigenvalue weighted by molar-refractivity contribution is 0.601. The summed E-state index contributed by atoms with van der Waals surface area (Å²) < 4.78 is 8.54. The summed E-state index contributed by atoms with van der Waals surface area (Å²) in [5.41, 5.74) is 5.78. The van der Waals surface area contributed by atoms with Gasteiger partial charge in [0.25, 0.3) is 0 Å². The van der Waals surface area contributed by atoms with Crippen molar-refractivity contribution < 1.29 is 4.18 Å². The Bertz CT molecular complexity index is 1380. The molecular weight excluding hydrogens is 562 g/mol. The highest BCUT2D eigenvalue weighted by molar-refractivity contribution is 9.10. The molecule has 0 N–H and O–H groups in total. The second-order valence-electron chi connectivity index (χ2n) is 11.4. The Kier molecular flexibility index (Phi) is 8.37. The number of hydrogen-bond donors (Lipinski definition) is 0. The van der Waals surface area contributed by atoms with E-state index in [1.807, 2.05) is 12.1 Å². The molecule has 0 unspecified atom stereocenters. The predicted molar refractivity (Wildman–Crippen MR) is 162 cm³/mol. The Hall–Kier alpha value is -1.96. The summed E-state index contributed by atoms with van der Waals surface area (Å²) >= 11 is 6.99. The van der Waals surface area contributed by atoms with Gasteiger partial charge in [-0.25, -0.2) is 4.98 Å². The van der Waals surface area contributed by atoms with Gasteiger partial charge < -0.3 is 4.18 Å². The Morgan fingerprint density at radius 1 is 0.892 bits per heavy atom. The summed E-state index contributed by atoms with van der Waals surface area (Å²) in [6.07, 6.45) is 3.53. The molecule has 0 bridgehead atoms. The van der Waals surface area contributed by atoms with E-state index in [4.69, 9.17) is 14.2 Å². The number of rotatable bonds is 7. The highest BCUT2D eigenvalue weighted by Crippen LogP contribution is 2.46. The molecule has 1 aromatic carbocycles. The number of hydrogen-bond acceptors (Lipinski definition) is 6. The van der Waals surface area contributed by atoms with Gasteiger partial charge in [0.05, 0.1) is 21.4 Å². The molecule has 3 aromatic heterocycles. The van der Waals surface area contributed by atoms with Gasteiger partial charge in [0.15, 0.2) is 5.82 Å². The van der Waals surface area contributed by atoms with E-state index in [2.05, 4.69) is 95.4 Å². The van der Waals surface area contributed by atoms with Crippen LogP contribution in [-0.2, 0) is 5.41 Å². The lowest BCUT2D eigenvalue weighted by atomic mass is 9.89. The molecule has 0 spiro atoms. The molecule has 4 nitrogen and oxygen atoms in total. The lowest BCUT2D eigenvalue weighted by Crippen LogP contribution is -2.08. The van der Waals surface area contributed by atoms with Crippen LogP contribution < -0.4 is 4.18 Å². The molecule has 196 valence electrons. The molecule has 0 aliphatic carbocycles. The van der Waals surface area contributed by atoms with Crippen molar-refractivity contribution in [3.63, 3.8) is 0 Å². The van der Waals surface area contributed by atoms with Crippen LogP contribution in [0.15, 0.2) is 46.0 Å². The Morgan fingerprint density at radius 2 is 1.49 bits per heavy atom. The zero-order valence-electron chi connectivity index (χ0n) is 23.1. The van der Waals surface area contributed by atoms with E-state index in [1.54, 1.807) is 23.7 Å². The quantitative estimate of drug-likeness (QED) is 0.198. The third-order valence-electron chi connectivity index (χ3n) is 6.35. The third kappa shape index (κ3) is 5.89. The second kappa shape index (κ2) is 11.0. The monoisotopic (exact) mass is 597 g/mol. The average molecular weight is 599 g/mol. The SMILES string of the molecule is CC(C)c1cc(C(C)C)c(SOc2nc(-c3ccncc3)nc3c(Br)c(C(C)(C)C)sc23)c(C(C)C)c1. The van der Waals surface area contributed by atoms with Gasteiger partial charge in [-0.2, -0.15) is 4.98 Å². The van der Waals surface area contributed by atoms with Crippen LogP contribution in [0.1, 0.15) is 102 Å². The molecule has 37 heavy (non-hydrogen) atoms. The summed E-state index contributed by atoms with van der Waals surface area (Å²) in [5.74, 6) is 2.46. The number of fused-ring (bicyclic) bond motifs is 1. The predicted octanol–water partition coefficient (Wildman–Crippen LogP) is 10.3. The summed E-state index contributed by atoms with van der Waals surface area (Å²) in [5, 5.41) is 0. The van der Waals surface area contributed by atoms with Crippen LogP contribution in [-0.4, -0.2) is 15.0 Å². The van der Waals surface area contributed by atoms with Crippen molar-refractivity contribution in [2.45, 2.75) is 90.4 Å². The average Bonchev–Trinajstić information content (AvgIpc) is 3.19. The Labute approximate surface area is 238 Å². The number of aromatic nitrogens is 3. The van der Waals surface area contributed by atoms with Crippen LogP contribution in [0.4, 0.5) is 0 Å². The molecule has 4 aromatic rings. The van der Waals surface area contributed by atoms with E-state index in [-0.39, 0.29) is 5.41 Å². The minimum atomic E-state index is -0.0340. The highest BCUT2D eigenvalue weighted by atomic mass is 79.9. The van der Waals surface area contributed by atoms with Crippen molar-refractivity contribution >= 4 is 49.5 Å². The third-order valence-corrected chi connectivity index (χ3v) is 9.86. The van der Waals surface area contributed by atoms with Gasteiger partial charge in [0, 0.05) is 22.8 Å². The molecular formula is C30H36BrN3OS2. The maximum Gasteiger partial charge on any atom is 0.250 e. The van der Waals surface area contributed by atoms with Crippen LogP contribution in [0, 0.1) is 0 Å². The second-order valence-corrected chi connectivity index (χ2v) is 14.0. The first-order valence-corrected chi connectivity index (χ1v) is 15.2. The summed E-state index contributed by atoms with van der Waals surface area (Å²) in [7, 11) is 0. The Morgan fingerprint density at radius 3 is 2.00 bits per heavy atom. The van der Waals surface area contributed by atoms with Crippen molar-refractivity contribution in [3.8, 4) is 17.3 Å². The van der Waals surface area contributed by atoms with E-state index in [0.717, 1.165) is 20.3 Å². The highest BCUT2D eigenvalue weighted by Gasteiger charge is 2.27. The number of nitrogens with zero attached hydrogens (tertiary/aromatic N) is 3. The maximum absolute atomic E-state index is 6.57. The number of thiophene rings is 1. The molecule has 0 saturated carbocycles. The fourth-order valence-electron chi connectivity index (χ4n) is 4.16. The summed E-state index contributed by atoms with van der Waals surface area (Å²) in [6, 6.07) is 8.57. The fourth-order valence-corrected chi connectivity index (χ4v) is 7.65. The van der Waals surface area contributed by atoms with Gasteiger partial charge in [0.1, 0.15) is 10.2 Å². The van der Waals surface area contributed by atoms with E-state index in [1.165, 1.54) is 38.5 Å². The fraction of sp³-hybridized carbons (Fsp3) is 0.433. The molecule has 0 aliphatic rings. The smallest absolute Gasteiger partial charge is 0.250 e. The zero-order valence-corrected chi connectivity index (χ0v) is 26.4. The minimum Gasteiger partial charge on any atom is -0.399 e. The van der Waals surface area contributed by atoms with Crippen molar-refractivity contribution in [2.75, 3.05) is 0 Å². The first-order valence-electron chi connectivity index (χ1n) is 12.8. The molecule has 0 atom stereocenters. The lowest BCUT2D eigenvalue weighted by Gasteiger charge is -2.21. The largest absolute Gasteiger partial charge is 0.399 e. The molecule has 0 saturated heterocycles. The van der Waals surface area contributed by atoms with Gasteiger partial charge in [0.2, 0.25) is 5.88 Å². The molecule has 4 rings (SSSR count). The normalized spacial score (nSPS) is 12.4. The molecule has 0 radical (unpaired) electrons. The van der Waals surface area contributed by atoms with Crippen molar-refractivity contribution in [2.24, 2.45) is 0 Å². The minimum absolute atomic E-state index is 0.0340. The first kappa shape index (κ1) is 28.1. The molecule has 3 heterocycles. The van der Waals surface area contributed by atoms with E-state index < -0.39 is 0 Å². The van der Waals surface area contributed by atoms with Crippen LogP contribution in [0.3, 0.4) is 0 Å². The number of benzene rings is 1. The number of halogens is 1. The molecule has 0 aliphatic heterocycles. The van der Waals surface area contributed by atoms with Gasteiger partial charge in [-0.3, -0.25) is 4.98 Å². The summed E-state index contributed by atoms with van der Waals surface area (Å²) in [4.78, 5) is 16.5. The summed E-state index contributed by atoms with van der Waals surface area (Å²) in [6.45, 7) is 20.2. The first-order chi connectivity index (χ1) is 17.4. The molecule has 0 fully saturated rings. The standard InChI is InChI=1S/C30H36BrN3OS2/c1-16(2)20-14-21(17(3)4)25(22(15-20)18(5)6)37-35-29-26-24(23(31)27(36-26)30(7,8)9)33-28(34-29)19-10-12-32-13-11-19/h10-18H,1-9H3. The van der Waals surface area contributed by atoms with E-state index in [9.17, 15) is 0 Å². The van der Waals surface area contributed by atoms with Crippen molar-refractivity contribution in [1.82, 2.24) is 15.0 Å². The van der Waals surface area contributed by atoms with Gasteiger partial charge in [-0.05, 0) is 67.9 Å². The van der Waals surface area contributed by atoms with Gasteiger partial charge in [-0.1, -0.05) is 74.4 Å². The van der Waals surface area contributed by atoms with Crippen LogP contribution in [0.25, 0.3) is 21.6 Å². The van der Waals surface area contributed by atoms with Crippen LogP contribution >= 0.6 is 39.3 Å². The zero-order chi connectivity index (χ0) is 27.1. The van der Waals surface area contributed by atoms with Crippen LogP contribution in [0.5, 0.6) is 5.88 Å². The maximum atomic E-state index is 6.57. The van der Waals surface area contributed by atoms with Crippen LogP contribution in [0.2, 0.25) is 0 Å². The topological polar surface area (TPSA) is 47.9 Å². The molecule has 7 heteroatoms. The van der Waals surface area contributed by atoms with Crippen molar-refractivity contribution in [3.05, 3.63) is 62.7 Å².